The Morgan fingerprint density at radius 2 is 2.00 bits per heavy atom. The largest absolute Gasteiger partial charge is 0.491 e. The van der Waals surface area contributed by atoms with Crippen LogP contribution in [0.5, 0.6) is 5.75 Å². The molecule has 0 amide bonds. The van der Waals surface area contributed by atoms with Crippen LogP contribution in [0.2, 0.25) is 0 Å². The summed E-state index contributed by atoms with van der Waals surface area (Å²) in [5.41, 5.74) is 2.28. The predicted molar refractivity (Wildman–Crippen MR) is 115 cm³/mol. The van der Waals surface area contributed by atoms with E-state index in [2.05, 4.69) is 57.9 Å². The summed E-state index contributed by atoms with van der Waals surface area (Å²) < 4.78 is 7.91. The molecule has 0 aliphatic carbocycles. The van der Waals surface area contributed by atoms with Crippen molar-refractivity contribution in [3.8, 4) is 5.75 Å². The van der Waals surface area contributed by atoms with Gasteiger partial charge in [0.1, 0.15) is 12.1 Å². The number of halogens is 1. The van der Waals surface area contributed by atoms with Crippen LogP contribution in [0.15, 0.2) is 29.5 Å². The highest BCUT2D eigenvalue weighted by atomic mass is 127. The molecule has 0 aliphatic heterocycles. The molecule has 1 aromatic heterocycles. The van der Waals surface area contributed by atoms with E-state index in [1.807, 2.05) is 18.4 Å². The molecule has 2 N–H and O–H groups in total. The van der Waals surface area contributed by atoms with Gasteiger partial charge in [-0.3, -0.25) is 4.99 Å². The Bertz CT molecular complexity index is 713. The van der Waals surface area contributed by atoms with Crippen LogP contribution in [-0.2, 0) is 19.6 Å². The molecule has 8 heteroatoms. The van der Waals surface area contributed by atoms with Gasteiger partial charge >= 0.3 is 0 Å². The summed E-state index contributed by atoms with van der Waals surface area (Å²) >= 11 is 0. The molecule has 0 aliphatic rings. The second-order valence-electron chi connectivity index (χ2n) is 6.09. The van der Waals surface area contributed by atoms with Gasteiger partial charge < -0.3 is 19.9 Å². The second-order valence-corrected chi connectivity index (χ2v) is 6.09. The summed E-state index contributed by atoms with van der Waals surface area (Å²) in [5.74, 6) is 2.50. The minimum Gasteiger partial charge on any atom is -0.491 e. The molecule has 0 fully saturated rings. The van der Waals surface area contributed by atoms with Gasteiger partial charge in [-0.15, -0.1) is 34.2 Å². The van der Waals surface area contributed by atoms with Gasteiger partial charge in [-0.25, -0.2) is 0 Å². The number of nitrogens with one attached hydrogen (secondary N) is 2. The number of guanidine groups is 1. The van der Waals surface area contributed by atoms with E-state index in [9.17, 15) is 0 Å². The van der Waals surface area contributed by atoms with Gasteiger partial charge in [0.15, 0.2) is 11.8 Å². The van der Waals surface area contributed by atoms with E-state index < -0.39 is 0 Å². The summed E-state index contributed by atoms with van der Waals surface area (Å²) in [4.78, 5) is 4.26. The number of benzene rings is 1. The monoisotopic (exact) mass is 472 g/mol. The quantitative estimate of drug-likeness (QED) is 0.368. The van der Waals surface area contributed by atoms with Crippen LogP contribution in [-0.4, -0.2) is 33.9 Å². The smallest absolute Gasteiger partial charge is 0.191 e. The maximum atomic E-state index is 5.92. The molecule has 1 aromatic carbocycles. The van der Waals surface area contributed by atoms with Crippen LogP contribution < -0.4 is 15.4 Å². The van der Waals surface area contributed by atoms with Gasteiger partial charge in [0.2, 0.25) is 0 Å². The zero-order valence-corrected chi connectivity index (χ0v) is 18.4. The number of hydrogen-bond acceptors (Lipinski definition) is 4. The van der Waals surface area contributed by atoms with Gasteiger partial charge in [-0.05, 0) is 39.3 Å². The molecular formula is C18H29IN6O. The van der Waals surface area contributed by atoms with Crippen molar-refractivity contribution in [1.29, 1.82) is 0 Å². The van der Waals surface area contributed by atoms with Gasteiger partial charge in [0.25, 0.3) is 0 Å². The van der Waals surface area contributed by atoms with Crippen molar-refractivity contribution < 1.29 is 4.74 Å². The zero-order valence-electron chi connectivity index (χ0n) is 16.1. The van der Waals surface area contributed by atoms with Crippen LogP contribution >= 0.6 is 24.0 Å². The molecule has 0 saturated heterocycles. The van der Waals surface area contributed by atoms with E-state index in [-0.39, 0.29) is 30.1 Å². The highest BCUT2D eigenvalue weighted by molar-refractivity contribution is 14.0. The normalized spacial score (nSPS) is 11.2. The average molecular weight is 472 g/mol. The number of aliphatic imine (C=N–C) groups is 1. The number of aryl methyl sites for hydroxylation is 2. The molecule has 144 valence electrons. The Labute approximate surface area is 172 Å². The summed E-state index contributed by atoms with van der Waals surface area (Å²) in [5, 5.41) is 14.6. The molecule has 26 heavy (non-hydrogen) atoms. The van der Waals surface area contributed by atoms with Crippen LogP contribution in [0, 0.1) is 6.92 Å². The fourth-order valence-electron chi connectivity index (χ4n) is 2.41. The molecule has 7 nitrogen and oxygen atoms in total. The maximum Gasteiger partial charge on any atom is 0.191 e. The summed E-state index contributed by atoms with van der Waals surface area (Å²) in [7, 11) is 1.75. The third-order valence-electron chi connectivity index (χ3n) is 3.71. The Kier molecular flexibility index (Phi) is 9.39. The summed E-state index contributed by atoms with van der Waals surface area (Å²) in [6.45, 7) is 10.2. The number of aromatic nitrogens is 3. The zero-order chi connectivity index (χ0) is 18.2. The Hall–Kier alpha value is -1.84. The van der Waals surface area contributed by atoms with Crippen molar-refractivity contribution in [2.75, 3.05) is 7.05 Å². The number of nitrogens with zero attached hydrogens (tertiary/aromatic N) is 4. The first-order chi connectivity index (χ1) is 12.0. The van der Waals surface area contributed by atoms with Crippen molar-refractivity contribution in [3.63, 3.8) is 0 Å². The fourth-order valence-corrected chi connectivity index (χ4v) is 2.41. The lowest BCUT2D eigenvalue weighted by atomic mass is 10.1. The molecular weight excluding hydrogens is 443 g/mol. The van der Waals surface area contributed by atoms with Gasteiger partial charge in [-0.1, -0.05) is 12.1 Å². The number of hydrogen-bond donors (Lipinski definition) is 2. The minimum atomic E-state index is 0. The van der Waals surface area contributed by atoms with Crippen LogP contribution in [0.3, 0.4) is 0 Å². The van der Waals surface area contributed by atoms with Crippen molar-refractivity contribution in [2.45, 2.75) is 53.4 Å². The average Bonchev–Trinajstić information content (AvgIpc) is 3.03. The lowest BCUT2D eigenvalue weighted by molar-refractivity contribution is 0.239. The van der Waals surface area contributed by atoms with E-state index in [4.69, 9.17) is 4.74 Å². The van der Waals surface area contributed by atoms with Crippen LogP contribution in [0.4, 0.5) is 0 Å². The van der Waals surface area contributed by atoms with E-state index in [0.29, 0.717) is 19.0 Å². The standard InChI is InChI=1S/C18H28N6O.HI/c1-6-24-12-22-23-17(24)11-21-18(19-5)20-10-15-8-7-14(4)9-16(15)25-13(2)3;/h7-9,12-13H,6,10-11H2,1-5H3,(H2,19,20,21);1H. The first-order valence-corrected chi connectivity index (χ1v) is 8.60. The first kappa shape index (κ1) is 22.2. The molecule has 0 atom stereocenters. The van der Waals surface area contributed by atoms with Crippen LogP contribution in [0.25, 0.3) is 0 Å². The molecule has 0 saturated carbocycles. The van der Waals surface area contributed by atoms with E-state index in [1.165, 1.54) is 5.56 Å². The maximum absolute atomic E-state index is 5.92. The van der Waals surface area contributed by atoms with Gasteiger partial charge in [0, 0.05) is 25.7 Å². The summed E-state index contributed by atoms with van der Waals surface area (Å²) in [6, 6.07) is 6.24. The van der Waals surface area contributed by atoms with Crippen molar-refractivity contribution in [1.82, 2.24) is 25.4 Å². The molecule has 0 unspecified atom stereocenters. The number of rotatable bonds is 7. The highest BCUT2D eigenvalue weighted by Gasteiger charge is 2.08. The molecule has 1 heterocycles. The Morgan fingerprint density at radius 3 is 2.65 bits per heavy atom. The van der Waals surface area contributed by atoms with Gasteiger partial charge in [-0.2, -0.15) is 0 Å². The minimum absolute atomic E-state index is 0. The van der Waals surface area contributed by atoms with Crippen molar-refractivity contribution in [3.05, 3.63) is 41.5 Å². The molecule has 2 aromatic rings. The third-order valence-corrected chi connectivity index (χ3v) is 3.71. The topological polar surface area (TPSA) is 76.4 Å². The predicted octanol–water partition coefficient (Wildman–Crippen LogP) is 2.88. The number of ether oxygens (including phenoxy) is 1. The SMILES string of the molecule is CCn1cnnc1CNC(=NC)NCc1ccc(C)cc1OC(C)C.I. The molecule has 0 spiro atoms. The third kappa shape index (κ3) is 6.47. The molecule has 0 radical (unpaired) electrons. The van der Waals surface area contributed by atoms with E-state index in [0.717, 1.165) is 23.7 Å². The Balaban J connectivity index is 0.00000338. The fraction of sp³-hybridized carbons (Fsp3) is 0.500. The van der Waals surface area contributed by atoms with Crippen LogP contribution in [0.1, 0.15) is 37.7 Å². The first-order valence-electron chi connectivity index (χ1n) is 8.60. The van der Waals surface area contributed by atoms with Gasteiger partial charge in [0.05, 0.1) is 12.6 Å². The molecule has 2 rings (SSSR count). The van der Waals surface area contributed by atoms with E-state index in [1.54, 1.807) is 13.4 Å². The summed E-state index contributed by atoms with van der Waals surface area (Å²) in [6.07, 6.45) is 1.87. The van der Waals surface area contributed by atoms with Crippen molar-refractivity contribution >= 4 is 29.9 Å². The molecule has 0 bridgehead atoms. The Morgan fingerprint density at radius 1 is 1.27 bits per heavy atom. The lowest BCUT2D eigenvalue weighted by Crippen LogP contribution is -2.37. The second kappa shape index (κ2) is 11.0. The lowest BCUT2D eigenvalue weighted by Gasteiger charge is -2.17. The van der Waals surface area contributed by atoms with E-state index >= 15 is 0 Å². The van der Waals surface area contributed by atoms with Crippen molar-refractivity contribution in [2.24, 2.45) is 4.99 Å². The highest BCUT2D eigenvalue weighted by Crippen LogP contribution is 2.21.